The molecule has 0 spiro atoms. The summed E-state index contributed by atoms with van der Waals surface area (Å²) in [6.45, 7) is 4.91. The van der Waals surface area contributed by atoms with Gasteiger partial charge in [-0.15, -0.1) is 0 Å². The Balaban J connectivity index is 1.65. The molecule has 0 bridgehead atoms. The number of primary amides is 1. The highest BCUT2D eigenvalue weighted by atomic mass is 35.5. The molecule has 0 atom stereocenters. The number of carbonyl (C=O) groups is 2. The molecule has 3 amide bonds. The summed E-state index contributed by atoms with van der Waals surface area (Å²) in [6, 6.07) is 5.68. The molecule has 0 aliphatic carbocycles. The highest BCUT2D eigenvalue weighted by molar-refractivity contribution is 6.31. The number of aryl methyl sites for hydroxylation is 1. The molecule has 148 valence electrons. The lowest BCUT2D eigenvalue weighted by atomic mass is 10.0. The van der Waals surface area contributed by atoms with Gasteiger partial charge < -0.3 is 21.3 Å². The molecule has 1 fully saturated rings. The molecule has 8 nitrogen and oxygen atoms in total. The van der Waals surface area contributed by atoms with Gasteiger partial charge in [0.2, 0.25) is 0 Å². The number of aromatic nitrogens is 2. The lowest BCUT2D eigenvalue weighted by Crippen LogP contribution is -2.59. The van der Waals surface area contributed by atoms with E-state index in [1.807, 2.05) is 25.1 Å². The number of hydrogen-bond donors (Lipinski definition) is 3. The van der Waals surface area contributed by atoms with Crippen molar-refractivity contribution in [2.24, 2.45) is 5.73 Å². The third kappa shape index (κ3) is 3.33. The van der Waals surface area contributed by atoms with Gasteiger partial charge in [0.25, 0.3) is 5.91 Å². The average molecular weight is 403 g/mol. The molecular weight excluding hydrogens is 380 g/mol. The third-order valence-electron chi connectivity index (χ3n) is 5.33. The summed E-state index contributed by atoms with van der Waals surface area (Å²) in [6.07, 6.45) is 0.821. The first-order chi connectivity index (χ1) is 13.5. The van der Waals surface area contributed by atoms with Gasteiger partial charge in [0.1, 0.15) is 5.69 Å². The lowest BCUT2D eigenvalue weighted by Gasteiger charge is -2.33. The van der Waals surface area contributed by atoms with Crippen molar-refractivity contribution in [1.82, 2.24) is 25.3 Å². The minimum absolute atomic E-state index is 0.133. The molecule has 0 unspecified atom stereocenters. The second kappa shape index (κ2) is 7.44. The summed E-state index contributed by atoms with van der Waals surface area (Å²) in [4.78, 5) is 26.5. The average Bonchev–Trinajstić information content (AvgIpc) is 3.03. The minimum atomic E-state index is -0.558. The third-order valence-corrected chi connectivity index (χ3v) is 5.68. The second-order valence-corrected chi connectivity index (χ2v) is 7.55. The number of nitrogens with two attached hydrogens (primary N) is 1. The molecule has 1 aromatic heterocycles. The predicted octanol–water partition coefficient (Wildman–Crippen LogP) is 1.36. The molecule has 2 aromatic rings. The molecule has 3 heterocycles. The first kappa shape index (κ1) is 18.8. The van der Waals surface area contributed by atoms with E-state index in [9.17, 15) is 9.59 Å². The zero-order valence-electron chi connectivity index (χ0n) is 15.7. The van der Waals surface area contributed by atoms with Crippen LogP contribution in [0.1, 0.15) is 28.5 Å². The summed E-state index contributed by atoms with van der Waals surface area (Å²) in [5, 5.41) is 11.4. The number of nitrogens with one attached hydrogen (secondary N) is 2. The van der Waals surface area contributed by atoms with Gasteiger partial charge in [0, 0.05) is 30.2 Å². The molecule has 1 saturated heterocycles. The standard InChI is InChI=1S/C19H23ClN6O2/c1-2-11-3-4-12(7-14(11)20)17-16(18(21)27)15-10-25(5-6-26(15)24-17)19(28)23-13-8-22-9-13/h3-4,7,13,22H,2,5-6,8-10H2,1H3,(H2,21,27)(H,23,28). The number of fused-ring (bicyclic) bond motifs is 1. The SMILES string of the molecule is CCc1ccc(-c2nn3c(c2C(N)=O)CN(C(=O)NC2CNC2)CC3)cc1Cl. The topological polar surface area (TPSA) is 105 Å². The molecule has 28 heavy (non-hydrogen) atoms. The van der Waals surface area contributed by atoms with Crippen LogP contribution in [-0.4, -0.2) is 52.3 Å². The zero-order valence-corrected chi connectivity index (χ0v) is 16.4. The number of urea groups is 1. The second-order valence-electron chi connectivity index (χ2n) is 7.14. The van der Waals surface area contributed by atoms with Crippen LogP contribution < -0.4 is 16.4 Å². The molecule has 0 saturated carbocycles. The van der Waals surface area contributed by atoms with E-state index in [-0.39, 0.29) is 18.6 Å². The van der Waals surface area contributed by atoms with E-state index in [0.29, 0.717) is 35.1 Å². The van der Waals surface area contributed by atoms with Crippen LogP contribution >= 0.6 is 11.6 Å². The molecule has 2 aliphatic rings. The van der Waals surface area contributed by atoms with Crippen LogP contribution in [0.15, 0.2) is 18.2 Å². The van der Waals surface area contributed by atoms with E-state index in [1.54, 1.807) is 9.58 Å². The maximum atomic E-state index is 12.5. The summed E-state index contributed by atoms with van der Waals surface area (Å²) >= 11 is 6.35. The molecule has 2 aliphatic heterocycles. The molecule has 0 radical (unpaired) electrons. The van der Waals surface area contributed by atoms with Crippen molar-refractivity contribution in [3.63, 3.8) is 0 Å². The molecule has 9 heteroatoms. The molecule has 1 aromatic carbocycles. The van der Waals surface area contributed by atoms with E-state index in [4.69, 9.17) is 17.3 Å². The maximum absolute atomic E-state index is 12.5. The van der Waals surface area contributed by atoms with Gasteiger partial charge >= 0.3 is 6.03 Å². The Kier molecular flexibility index (Phi) is 4.99. The van der Waals surface area contributed by atoms with Gasteiger partial charge in [0.05, 0.1) is 30.4 Å². The molecular formula is C19H23ClN6O2. The smallest absolute Gasteiger partial charge is 0.318 e. The van der Waals surface area contributed by atoms with Crippen LogP contribution in [0.5, 0.6) is 0 Å². The largest absolute Gasteiger partial charge is 0.365 e. The van der Waals surface area contributed by atoms with Gasteiger partial charge in [-0.2, -0.15) is 5.10 Å². The number of amides is 3. The quantitative estimate of drug-likeness (QED) is 0.718. The van der Waals surface area contributed by atoms with Crippen LogP contribution in [-0.2, 0) is 19.5 Å². The van der Waals surface area contributed by atoms with E-state index in [2.05, 4.69) is 15.7 Å². The monoisotopic (exact) mass is 402 g/mol. The summed E-state index contributed by atoms with van der Waals surface area (Å²) < 4.78 is 1.77. The highest BCUT2D eigenvalue weighted by Gasteiger charge is 2.31. The van der Waals surface area contributed by atoms with E-state index >= 15 is 0 Å². The van der Waals surface area contributed by atoms with Crippen molar-refractivity contribution in [2.75, 3.05) is 19.6 Å². The van der Waals surface area contributed by atoms with Gasteiger partial charge in [-0.05, 0) is 18.1 Å². The fourth-order valence-corrected chi connectivity index (χ4v) is 3.90. The fourth-order valence-electron chi connectivity index (χ4n) is 3.59. The Morgan fingerprint density at radius 2 is 2.14 bits per heavy atom. The van der Waals surface area contributed by atoms with E-state index in [0.717, 1.165) is 30.6 Å². The predicted molar refractivity (Wildman–Crippen MR) is 106 cm³/mol. The number of nitrogens with zero attached hydrogens (tertiary/aromatic N) is 3. The number of rotatable bonds is 4. The van der Waals surface area contributed by atoms with Gasteiger partial charge in [0.15, 0.2) is 0 Å². The van der Waals surface area contributed by atoms with Crippen molar-refractivity contribution >= 4 is 23.5 Å². The summed E-state index contributed by atoms with van der Waals surface area (Å²) in [7, 11) is 0. The summed E-state index contributed by atoms with van der Waals surface area (Å²) in [5.74, 6) is -0.558. The van der Waals surface area contributed by atoms with Crippen molar-refractivity contribution in [1.29, 1.82) is 0 Å². The Hall–Kier alpha value is -2.58. The Morgan fingerprint density at radius 3 is 2.75 bits per heavy atom. The van der Waals surface area contributed by atoms with E-state index < -0.39 is 5.91 Å². The van der Waals surface area contributed by atoms with Crippen molar-refractivity contribution in [3.05, 3.63) is 40.0 Å². The van der Waals surface area contributed by atoms with E-state index in [1.165, 1.54) is 0 Å². The lowest BCUT2D eigenvalue weighted by molar-refractivity contribution is 0.0997. The van der Waals surface area contributed by atoms with Crippen molar-refractivity contribution in [2.45, 2.75) is 32.5 Å². The number of benzene rings is 1. The Bertz CT molecular complexity index is 937. The molecule has 4 rings (SSSR count). The van der Waals surface area contributed by atoms with Crippen LogP contribution in [0, 0.1) is 0 Å². The number of carbonyl (C=O) groups excluding carboxylic acids is 2. The minimum Gasteiger partial charge on any atom is -0.365 e. The number of hydrogen-bond acceptors (Lipinski definition) is 4. The maximum Gasteiger partial charge on any atom is 0.318 e. The van der Waals surface area contributed by atoms with Crippen molar-refractivity contribution in [3.8, 4) is 11.3 Å². The first-order valence-corrected chi connectivity index (χ1v) is 9.80. The Morgan fingerprint density at radius 1 is 1.36 bits per heavy atom. The van der Waals surface area contributed by atoms with Crippen molar-refractivity contribution < 1.29 is 9.59 Å². The normalized spacial score (nSPS) is 16.4. The Labute approximate surface area is 168 Å². The van der Waals surface area contributed by atoms with Crippen LogP contribution in [0.4, 0.5) is 4.79 Å². The van der Waals surface area contributed by atoms with Crippen LogP contribution in [0.2, 0.25) is 5.02 Å². The van der Waals surface area contributed by atoms with Crippen LogP contribution in [0.25, 0.3) is 11.3 Å². The van der Waals surface area contributed by atoms with Crippen LogP contribution in [0.3, 0.4) is 0 Å². The fraction of sp³-hybridized carbons (Fsp3) is 0.421. The van der Waals surface area contributed by atoms with Gasteiger partial charge in [-0.1, -0.05) is 30.7 Å². The number of halogens is 1. The highest BCUT2D eigenvalue weighted by Crippen LogP contribution is 2.31. The first-order valence-electron chi connectivity index (χ1n) is 9.42. The van der Waals surface area contributed by atoms with Gasteiger partial charge in [-0.3, -0.25) is 9.48 Å². The van der Waals surface area contributed by atoms with Gasteiger partial charge in [-0.25, -0.2) is 4.79 Å². The molecule has 4 N–H and O–H groups in total. The summed E-state index contributed by atoms with van der Waals surface area (Å²) in [5.41, 5.74) is 8.99. The zero-order chi connectivity index (χ0) is 19.8.